The summed E-state index contributed by atoms with van der Waals surface area (Å²) in [6, 6.07) is 6.85. The number of rotatable bonds is 8. The van der Waals surface area contributed by atoms with E-state index in [1.165, 1.54) is 6.20 Å². The number of aromatic nitrogens is 3. The van der Waals surface area contributed by atoms with Gasteiger partial charge in [0.05, 0.1) is 11.9 Å². The Morgan fingerprint density at radius 2 is 1.97 bits per heavy atom. The van der Waals surface area contributed by atoms with Crippen LogP contribution in [0.15, 0.2) is 36.7 Å². The van der Waals surface area contributed by atoms with Gasteiger partial charge in [-0.25, -0.2) is 4.98 Å². The van der Waals surface area contributed by atoms with Gasteiger partial charge in [0.2, 0.25) is 0 Å². The van der Waals surface area contributed by atoms with Gasteiger partial charge >= 0.3 is 0 Å². The van der Waals surface area contributed by atoms with E-state index in [0.717, 1.165) is 5.56 Å². The number of ether oxygens (including phenoxy) is 2. The number of nitrogens with zero attached hydrogens (tertiary/aromatic N) is 3. The molecule has 0 unspecified atom stereocenters. The van der Waals surface area contributed by atoms with E-state index in [4.69, 9.17) is 9.47 Å². The standard InChI is InChI=1S/C25H30N6O4/c1-6-26-18-12-16(14-28-22(18)24(33)27-7-2)34-19-10-15(11-20-17(19)13-25(3,4)35-20)23(32)29-21-8-9-31(5)30-21/h8-12,14,26H,6-7,13H2,1-5H3,(H,27,33)(H,29,30,32). The second kappa shape index (κ2) is 9.65. The summed E-state index contributed by atoms with van der Waals surface area (Å²) in [4.78, 5) is 29.7. The number of hydrogen-bond donors (Lipinski definition) is 3. The second-order valence-electron chi connectivity index (χ2n) is 8.88. The molecule has 1 aliphatic heterocycles. The molecule has 0 saturated heterocycles. The molecule has 3 aromatic rings. The van der Waals surface area contributed by atoms with Crippen LogP contribution < -0.4 is 25.4 Å². The minimum atomic E-state index is -0.439. The molecule has 0 bridgehead atoms. The average Bonchev–Trinajstić information content (AvgIpc) is 3.34. The van der Waals surface area contributed by atoms with Crippen LogP contribution in [-0.4, -0.2) is 45.3 Å². The summed E-state index contributed by atoms with van der Waals surface area (Å²) in [5.41, 5.74) is 1.65. The molecule has 0 fully saturated rings. The molecule has 184 valence electrons. The van der Waals surface area contributed by atoms with Crippen LogP contribution in [-0.2, 0) is 13.5 Å². The quantitative estimate of drug-likeness (QED) is 0.451. The SMILES string of the molecule is CCNC(=O)c1ncc(Oc2cc(C(=O)Nc3ccn(C)n3)cc3c2CC(C)(C)O3)cc1NCC. The molecule has 1 aliphatic rings. The summed E-state index contributed by atoms with van der Waals surface area (Å²) in [5.74, 6) is 1.37. The Balaban J connectivity index is 1.68. The largest absolute Gasteiger partial charge is 0.487 e. The first-order chi connectivity index (χ1) is 16.7. The van der Waals surface area contributed by atoms with E-state index in [2.05, 4.69) is 26.0 Å². The van der Waals surface area contributed by atoms with Crippen molar-refractivity contribution in [3.05, 3.63) is 53.5 Å². The second-order valence-corrected chi connectivity index (χ2v) is 8.88. The molecule has 1 aromatic carbocycles. The molecule has 4 rings (SSSR count). The lowest BCUT2D eigenvalue weighted by molar-refractivity contribution is 0.0950. The first kappa shape index (κ1) is 24.1. The Bertz CT molecular complexity index is 1270. The molecule has 0 atom stereocenters. The lowest BCUT2D eigenvalue weighted by atomic mass is 9.99. The number of fused-ring (bicyclic) bond motifs is 1. The van der Waals surface area contributed by atoms with Crippen molar-refractivity contribution in [2.45, 2.75) is 39.7 Å². The van der Waals surface area contributed by atoms with E-state index < -0.39 is 5.60 Å². The van der Waals surface area contributed by atoms with Crippen molar-refractivity contribution in [1.82, 2.24) is 20.1 Å². The minimum Gasteiger partial charge on any atom is -0.487 e. The van der Waals surface area contributed by atoms with E-state index >= 15 is 0 Å². The third-order valence-corrected chi connectivity index (χ3v) is 5.38. The molecule has 3 N–H and O–H groups in total. The molecule has 2 aromatic heterocycles. The number of nitrogens with one attached hydrogen (secondary N) is 3. The molecule has 2 amide bonds. The number of benzene rings is 1. The lowest BCUT2D eigenvalue weighted by Gasteiger charge is -2.16. The zero-order valence-electron chi connectivity index (χ0n) is 20.6. The van der Waals surface area contributed by atoms with Gasteiger partial charge < -0.3 is 25.4 Å². The number of amides is 2. The van der Waals surface area contributed by atoms with Gasteiger partial charge in [-0.3, -0.25) is 14.3 Å². The highest BCUT2D eigenvalue weighted by Crippen LogP contribution is 2.43. The number of pyridine rings is 1. The van der Waals surface area contributed by atoms with Gasteiger partial charge in [-0.1, -0.05) is 0 Å². The Morgan fingerprint density at radius 3 is 2.66 bits per heavy atom. The Hall–Kier alpha value is -4.08. The minimum absolute atomic E-state index is 0.265. The Labute approximate surface area is 204 Å². The molecule has 35 heavy (non-hydrogen) atoms. The predicted octanol–water partition coefficient (Wildman–Crippen LogP) is 3.75. The Kier molecular flexibility index (Phi) is 6.63. The molecule has 0 aliphatic carbocycles. The average molecular weight is 479 g/mol. The first-order valence-electron chi connectivity index (χ1n) is 11.6. The van der Waals surface area contributed by atoms with Crippen molar-refractivity contribution in [2.75, 3.05) is 23.7 Å². The van der Waals surface area contributed by atoms with Gasteiger partial charge in [0.25, 0.3) is 11.8 Å². The van der Waals surface area contributed by atoms with Gasteiger partial charge in [-0.05, 0) is 39.8 Å². The van der Waals surface area contributed by atoms with Crippen molar-refractivity contribution in [1.29, 1.82) is 0 Å². The summed E-state index contributed by atoms with van der Waals surface area (Å²) >= 11 is 0. The van der Waals surface area contributed by atoms with Crippen LogP contribution in [0.5, 0.6) is 17.2 Å². The van der Waals surface area contributed by atoms with E-state index in [9.17, 15) is 9.59 Å². The van der Waals surface area contributed by atoms with E-state index in [1.807, 2.05) is 27.7 Å². The maximum atomic E-state index is 13.0. The van der Waals surface area contributed by atoms with Crippen LogP contribution in [0.25, 0.3) is 0 Å². The summed E-state index contributed by atoms with van der Waals surface area (Å²) in [7, 11) is 1.78. The van der Waals surface area contributed by atoms with Crippen molar-refractivity contribution in [3.8, 4) is 17.2 Å². The Morgan fingerprint density at radius 1 is 1.17 bits per heavy atom. The molecule has 10 nitrogen and oxygen atoms in total. The highest BCUT2D eigenvalue weighted by atomic mass is 16.5. The summed E-state index contributed by atoms with van der Waals surface area (Å²) < 4.78 is 13.9. The summed E-state index contributed by atoms with van der Waals surface area (Å²) in [6.07, 6.45) is 3.86. The number of anilines is 2. The fourth-order valence-corrected chi connectivity index (χ4v) is 3.92. The fraction of sp³-hybridized carbons (Fsp3) is 0.360. The normalized spacial score (nSPS) is 13.5. The lowest BCUT2D eigenvalue weighted by Crippen LogP contribution is -2.25. The maximum absolute atomic E-state index is 13.0. The fourth-order valence-electron chi connectivity index (χ4n) is 3.92. The van der Waals surface area contributed by atoms with Crippen molar-refractivity contribution >= 4 is 23.3 Å². The van der Waals surface area contributed by atoms with Crippen LogP contribution in [0.4, 0.5) is 11.5 Å². The van der Waals surface area contributed by atoms with E-state index in [-0.39, 0.29) is 11.8 Å². The van der Waals surface area contributed by atoms with Crippen LogP contribution in [0.2, 0.25) is 0 Å². The predicted molar refractivity (Wildman–Crippen MR) is 132 cm³/mol. The number of hydrogen-bond acceptors (Lipinski definition) is 7. The molecule has 3 heterocycles. The van der Waals surface area contributed by atoms with Gasteiger partial charge in [0, 0.05) is 56.0 Å². The van der Waals surface area contributed by atoms with Crippen LogP contribution >= 0.6 is 0 Å². The van der Waals surface area contributed by atoms with Crippen LogP contribution in [0.3, 0.4) is 0 Å². The van der Waals surface area contributed by atoms with Crippen LogP contribution in [0, 0.1) is 0 Å². The smallest absolute Gasteiger partial charge is 0.272 e. The zero-order valence-corrected chi connectivity index (χ0v) is 20.6. The number of aryl methyl sites for hydroxylation is 1. The van der Waals surface area contributed by atoms with Gasteiger partial charge in [-0.2, -0.15) is 5.10 Å². The zero-order chi connectivity index (χ0) is 25.2. The van der Waals surface area contributed by atoms with Gasteiger partial charge in [-0.15, -0.1) is 0 Å². The topological polar surface area (TPSA) is 119 Å². The summed E-state index contributed by atoms with van der Waals surface area (Å²) in [5, 5.41) is 12.9. The third-order valence-electron chi connectivity index (χ3n) is 5.38. The highest BCUT2D eigenvalue weighted by Gasteiger charge is 2.34. The molecule has 10 heteroatoms. The highest BCUT2D eigenvalue weighted by molar-refractivity contribution is 6.04. The van der Waals surface area contributed by atoms with Gasteiger partial charge in [0.1, 0.15) is 22.8 Å². The van der Waals surface area contributed by atoms with E-state index in [0.29, 0.717) is 59.5 Å². The van der Waals surface area contributed by atoms with E-state index in [1.54, 1.807) is 42.2 Å². The van der Waals surface area contributed by atoms with Gasteiger partial charge in [0.15, 0.2) is 11.5 Å². The summed E-state index contributed by atoms with van der Waals surface area (Å²) in [6.45, 7) is 8.86. The molecule has 0 spiro atoms. The molecular formula is C25H30N6O4. The van der Waals surface area contributed by atoms with Crippen molar-refractivity contribution in [2.24, 2.45) is 7.05 Å². The molecule has 0 saturated carbocycles. The van der Waals surface area contributed by atoms with Crippen LogP contribution in [0.1, 0.15) is 54.1 Å². The third kappa shape index (κ3) is 5.37. The molecular weight excluding hydrogens is 448 g/mol. The van der Waals surface area contributed by atoms with Crippen molar-refractivity contribution < 1.29 is 19.1 Å². The first-order valence-corrected chi connectivity index (χ1v) is 11.6. The number of carbonyl (C=O) groups is 2. The maximum Gasteiger partial charge on any atom is 0.272 e. The monoisotopic (exact) mass is 478 g/mol. The number of carbonyl (C=O) groups excluding carboxylic acids is 2. The molecule has 0 radical (unpaired) electrons. The van der Waals surface area contributed by atoms with Crippen molar-refractivity contribution in [3.63, 3.8) is 0 Å².